The Morgan fingerprint density at radius 3 is 3.00 bits per heavy atom. The van der Waals surface area contributed by atoms with E-state index in [0.29, 0.717) is 6.54 Å². The highest BCUT2D eigenvalue weighted by molar-refractivity contribution is 9.10. The van der Waals surface area contributed by atoms with Gasteiger partial charge in [0, 0.05) is 23.6 Å². The van der Waals surface area contributed by atoms with Crippen LogP contribution in [0.15, 0.2) is 41.3 Å². The molecule has 0 aliphatic carbocycles. The predicted molar refractivity (Wildman–Crippen MR) is 68.2 cm³/mol. The van der Waals surface area contributed by atoms with Gasteiger partial charge >= 0.3 is 0 Å². The van der Waals surface area contributed by atoms with E-state index >= 15 is 0 Å². The minimum atomic E-state index is 0.647. The third-order valence-corrected chi connectivity index (χ3v) is 2.83. The van der Waals surface area contributed by atoms with Crippen LogP contribution in [0.1, 0.15) is 11.3 Å². The molecule has 0 saturated carbocycles. The summed E-state index contributed by atoms with van der Waals surface area (Å²) in [5.41, 5.74) is 7.80. The Bertz CT molecular complexity index is 465. The van der Waals surface area contributed by atoms with Crippen molar-refractivity contribution < 1.29 is 0 Å². The van der Waals surface area contributed by atoms with Crippen molar-refractivity contribution in [3.8, 4) is 0 Å². The summed E-state index contributed by atoms with van der Waals surface area (Å²) in [6.45, 7) is 1.49. The highest BCUT2D eigenvalue weighted by Crippen LogP contribution is 2.12. The number of aromatic nitrogens is 2. The van der Waals surface area contributed by atoms with Crippen LogP contribution in [0.4, 0.5) is 0 Å². The predicted octanol–water partition coefficient (Wildman–Crippen LogP) is 2.20. The molecular weight excluding hydrogens is 266 g/mol. The molecule has 0 spiro atoms. The van der Waals surface area contributed by atoms with Gasteiger partial charge in [-0.15, -0.1) is 0 Å². The third kappa shape index (κ3) is 2.93. The second-order valence-electron chi connectivity index (χ2n) is 3.71. The largest absolute Gasteiger partial charge is 0.333 e. The van der Waals surface area contributed by atoms with Crippen LogP contribution in [-0.4, -0.2) is 16.1 Å². The SMILES string of the molecule is NCCc1cn(Cc2cccc(Br)c2)cn1. The van der Waals surface area contributed by atoms with Gasteiger partial charge in [-0.05, 0) is 24.2 Å². The van der Waals surface area contributed by atoms with Crippen LogP contribution in [-0.2, 0) is 13.0 Å². The van der Waals surface area contributed by atoms with Gasteiger partial charge in [0.15, 0.2) is 0 Å². The first-order valence-corrected chi connectivity index (χ1v) is 6.02. The first-order chi connectivity index (χ1) is 7.78. The summed E-state index contributed by atoms with van der Waals surface area (Å²) in [5, 5.41) is 0. The molecule has 0 atom stereocenters. The lowest BCUT2D eigenvalue weighted by atomic mass is 10.2. The maximum Gasteiger partial charge on any atom is 0.0952 e. The standard InChI is InChI=1S/C12H14BrN3/c13-11-3-1-2-10(6-11)7-16-8-12(4-5-14)15-9-16/h1-3,6,8-9H,4-5,7,14H2. The zero-order valence-electron chi connectivity index (χ0n) is 8.94. The number of imidazole rings is 1. The zero-order valence-corrected chi connectivity index (χ0v) is 10.5. The van der Waals surface area contributed by atoms with E-state index in [0.717, 1.165) is 23.1 Å². The van der Waals surface area contributed by atoms with Gasteiger partial charge in [0.25, 0.3) is 0 Å². The fourth-order valence-electron chi connectivity index (χ4n) is 1.62. The Morgan fingerprint density at radius 1 is 1.38 bits per heavy atom. The zero-order chi connectivity index (χ0) is 11.4. The first-order valence-electron chi connectivity index (χ1n) is 5.23. The summed E-state index contributed by atoms with van der Waals surface area (Å²) < 4.78 is 3.18. The van der Waals surface area contributed by atoms with Crippen molar-refractivity contribution in [2.24, 2.45) is 5.73 Å². The van der Waals surface area contributed by atoms with Gasteiger partial charge in [-0.3, -0.25) is 0 Å². The maximum atomic E-state index is 5.49. The molecule has 3 nitrogen and oxygen atoms in total. The molecule has 0 bridgehead atoms. The van der Waals surface area contributed by atoms with E-state index in [1.54, 1.807) is 0 Å². The molecule has 2 N–H and O–H groups in total. The second kappa shape index (κ2) is 5.27. The van der Waals surface area contributed by atoms with Crippen molar-refractivity contribution in [3.05, 3.63) is 52.5 Å². The van der Waals surface area contributed by atoms with Crippen LogP contribution < -0.4 is 5.73 Å². The van der Waals surface area contributed by atoms with Crippen LogP contribution in [0.2, 0.25) is 0 Å². The molecule has 16 heavy (non-hydrogen) atoms. The van der Waals surface area contributed by atoms with Crippen LogP contribution in [0.25, 0.3) is 0 Å². The number of halogens is 1. The number of rotatable bonds is 4. The Kier molecular flexibility index (Phi) is 3.74. The minimum Gasteiger partial charge on any atom is -0.333 e. The number of hydrogen-bond donors (Lipinski definition) is 1. The summed E-state index contributed by atoms with van der Waals surface area (Å²) in [6.07, 6.45) is 4.74. The molecule has 0 unspecified atom stereocenters. The molecule has 0 amide bonds. The van der Waals surface area contributed by atoms with Crippen LogP contribution in [0, 0.1) is 0 Å². The molecule has 2 aromatic rings. The summed E-state index contributed by atoms with van der Waals surface area (Å²) in [4.78, 5) is 4.30. The molecule has 1 aromatic heterocycles. The first kappa shape index (κ1) is 11.4. The lowest BCUT2D eigenvalue weighted by Crippen LogP contribution is -2.02. The third-order valence-electron chi connectivity index (χ3n) is 2.34. The summed E-state index contributed by atoms with van der Waals surface area (Å²) >= 11 is 3.46. The van der Waals surface area contributed by atoms with Gasteiger partial charge in [0.2, 0.25) is 0 Å². The topological polar surface area (TPSA) is 43.8 Å². The second-order valence-corrected chi connectivity index (χ2v) is 4.62. The van der Waals surface area contributed by atoms with E-state index in [1.807, 2.05) is 24.7 Å². The number of nitrogens with zero attached hydrogens (tertiary/aromatic N) is 2. The smallest absolute Gasteiger partial charge is 0.0952 e. The highest BCUT2D eigenvalue weighted by Gasteiger charge is 1.99. The molecule has 1 heterocycles. The van der Waals surface area contributed by atoms with E-state index < -0.39 is 0 Å². The summed E-state index contributed by atoms with van der Waals surface area (Å²) in [7, 11) is 0. The fraction of sp³-hybridized carbons (Fsp3) is 0.250. The quantitative estimate of drug-likeness (QED) is 0.933. The summed E-state index contributed by atoms with van der Waals surface area (Å²) in [6, 6.07) is 8.28. The molecule has 1 aromatic carbocycles. The van der Waals surface area contributed by atoms with Gasteiger partial charge in [-0.25, -0.2) is 4.98 Å². The van der Waals surface area contributed by atoms with Crippen molar-refractivity contribution >= 4 is 15.9 Å². The number of benzene rings is 1. The van der Waals surface area contributed by atoms with Crippen LogP contribution in [0.3, 0.4) is 0 Å². The molecule has 0 fully saturated rings. The fourth-order valence-corrected chi connectivity index (χ4v) is 2.06. The monoisotopic (exact) mass is 279 g/mol. The van der Waals surface area contributed by atoms with Gasteiger partial charge in [-0.1, -0.05) is 28.1 Å². The molecule has 0 aliphatic heterocycles. The Hall–Kier alpha value is -1.13. The van der Waals surface area contributed by atoms with Crippen molar-refractivity contribution in [1.29, 1.82) is 0 Å². The van der Waals surface area contributed by atoms with Gasteiger partial charge < -0.3 is 10.3 Å². The van der Waals surface area contributed by atoms with Crippen molar-refractivity contribution in [2.45, 2.75) is 13.0 Å². The van der Waals surface area contributed by atoms with E-state index in [-0.39, 0.29) is 0 Å². The van der Waals surface area contributed by atoms with Gasteiger partial charge in [0.05, 0.1) is 12.0 Å². The maximum absolute atomic E-state index is 5.49. The Morgan fingerprint density at radius 2 is 2.25 bits per heavy atom. The molecule has 4 heteroatoms. The van der Waals surface area contributed by atoms with Crippen LogP contribution >= 0.6 is 15.9 Å². The van der Waals surface area contributed by atoms with Crippen molar-refractivity contribution in [1.82, 2.24) is 9.55 Å². The van der Waals surface area contributed by atoms with Crippen molar-refractivity contribution in [3.63, 3.8) is 0 Å². The molecule has 84 valence electrons. The van der Waals surface area contributed by atoms with E-state index in [4.69, 9.17) is 5.73 Å². The van der Waals surface area contributed by atoms with Gasteiger partial charge in [-0.2, -0.15) is 0 Å². The molecule has 0 aliphatic rings. The van der Waals surface area contributed by atoms with E-state index in [9.17, 15) is 0 Å². The molecule has 2 rings (SSSR count). The number of hydrogen-bond acceptors (Lipinski definition) is 2. The molecular formula is C12H14BrN3. The average molecular weight is 280 g/mol. The van der Waals surface area contributed by atoms with Crippen molar-refractivity contribution in [2.75, 3.05) is 6.54 Å². The van der Waals surface area contributed by atoms with E-state index in [1.165, 1.54) is 5.56 Å². The van der Waals surface area contributed by atoms with E-state index in [2.05, 4.69) is 37.6 Å². The normalized spacial score (nSPS) is 10.6. The molecule has 0 saturated heterocycles. The van der Waals surface area contributed by atoms with Crippen LogP contribution in [0.5, 0.6) is 0 Å². The number of nitrogens with two attached hydrogens (primary N) is 1. The lowest BCUT2D eigenvalue weighted by molar-refractivity contribution is 0.795. The van der Waals surface area contributed by atoms with Gasteiger partial charge in [0.1, 0.15) is 0 Å². The summed E-state index contributed by atoms with van der Waals surface area (Å²) in [5.74, 6) is 0. The average Bonchev–Trinajstić information content (AvgIpc) is 2.66. The Balaban J connectivity index is 2.08. The minimum absolute atomic E-state index is 0.647. The lowest BCUT2D eigenvalue weighted by Gasteiger charge is -2.02. The Labute approximate surface area is 103 Å². The highest BCUT2D eigenvalue weighted by atomic mass is 79.9. The molecule has 0 radical (unpaired) electrons.